The molecule has 0 aliphatic heterocycles. The summed E-state index contributed by atoms with van der Waals surface area (Å²) in [4.78, 5) is 11.9. The molecule has 1 aromatic carbocycles. The number of amides is 1. The van der Waals surface area contributed by atoms with Gasteiger partial charge in [0.1, 0.15) is 0 Å². The summed E-state index contributed by atoms with van der Waals surface area (Å²) in [5, 5.41) is 3.02. The molecule has 0 bridgehead atoms. The predicted molar refractivity (Wildman–Crippen MR) is 81.7 cm³/mol. The van der Waals surface area contributed by atoms with Crippen molar-refractivity contribution < 1.29 is 13.2 Å². The van der Waals surface area contributed by atoms with Gasteiger partial charge in [0.05, 0.1) is 28.5 Å². The second-order valence-corrected chi connectivity index (χ2v) is 6.76. The van der Waals surface area contributed by atoms with Gasteiger partial charge in [0.15, 0.2) is 0 Å². The molecule has 1 amide bonds. The van der Waals surface area contributed by atoms with Crippen LogP contribution in [0.4, 0.5) is 5.69 Å². The molecular weight excluding hydrogens is 323 g/mol. The van der Waals surface area contributed by atoms with Gasteiger partial charge in [0, 0.05) is 6.54 Å². The van der Waals surface area contributed by atoms with Crippen LogP contribution in [0.15, 0.2) is 30.9 Å². The van der Waals surface area contributed by atoms with Crippen molar-refractivity contribution in [2.24, 2.45) is 0 Å². The molecule has 1 N–H and O–H groups in total. The van der Waals surface area contributed by atoms with E-state index in [2.05, 4.69) is 11.9 Å². The van der Waals surface area contributed by atoms with Crippen LogP contribution < -0.4 is 5.32 Å². The number of carbonyl (C=O) groups excluding carboxylic acids is 1. The Morgan fingerprint density at radius 3 is 2.65 bits per heavy atom. The number of nitrogens with one attached hydrogen (secondary N) is 1. The average Bonchev–Trinajstić information content (AvgIpc) is 2.33. The third-order valence-corrected chi connectivity index (χ3v) is 4.38. The monoisotopic (exact) mass is 336 g/mol. The van der Waals surface area contributed by atoms with Gasteiger partial charge in [-0.2, -0.15) is 4.31 Å². The molecule has 8 heteroatoms. The maximum atomic E-state index is 11.9. The molecule has 1 rings (SSSR count). The fourth-order valence-electron chi connectivity index (χ4n) is 1.41. The summed E-state index contributed by atoms with van der Waals surface area (Å²) >= 11 is 11.8. The van der Waals surface area contributed by atoms with Crippen molar-refractivity contribution in [1.82, 2.24) is 4.31 Å². The molecule has 0 heterocycles. The van der Waals surface area contributed by atoms with E-state index in [1.165, 1.54) is 6.08 Å². The van der Waals surface area contributed by atoms with Crippen molar-refractivity contribution in [3.05, 3.63) is 40.9 Å². The largest absolute Gasteiger partial charge is 0.324 e. The van der Waals surface area contributed by atoms with Crippen LogP contribution in [0.5, 0.6) is 0 Å². The quantitative estimate of drug-likeness (QED) is 0.811. The van der Waals surface area contributed by atoms with Gasteiger partial charge in [0.25, 0.3) is 0 Å². The Labute approximate surface area is 128 Å². The van der Waals surface area contributed by atoms with Gasteiger partial charge in [-0.3, -0.25) is 4.79 Å². The molecule has 110 valence electrons. The first kappa shape index (κ1) is 17.0. The summed E-state index contributed by atoms with van der Waals surface area (Å²) in [6.07, 6.45) is 2.43. The molecule has 0 spiro atoms. The first-order chi connectivity index (χ1) is 9.25. The smallest absolute Gasteiger partial charge is 0.239 e. The van der Waals surface area contributed by atoms with E-state index in [1.807, 2.05) is 0 Å². The number of hydrogen-bond acceptors (Lipinski definition) is 3. The Balaban J connectivity index is 2.81. The van der Waals surface area contributed by atoms with E-state index in [9.17, 15) is 13.2 Å². The molecule has 0 saturated carbocycles. The highest BCUT2D eigenvalue weighted by Gasteiger charge is 2.19. The van der Waals surface area contributed by atoms with Crippen molar-refractivity contribution in [2.75, 3.05) is 24.7 Å². The van der Waals surface area contributed by atoms with Crippen LogP contribution in [-0.4, -0.2) is 38.0 Å². The van der Waals surface area contributed by atoms with Crippen LogP contribution in [0.3, 0.4) is 0 Å². The lowest BCUT2D eigenvalue weighted by Crippen LogP contribution is -2.37. The van der Waals surface area contributed by atoms with Gasteiger partial charge in [0.2, 0.25) is 15.9 Å². The van der Waals surface area contributed by atoms with Crippen LogP contribution in [0.25, 0.3) is 0 Å². The van der Waals surface area contributed by atoms with E-state index < -0.39 is 15.9 Å². The molecule has 0 saturated heterocycles. The first-order valence-electron chi connectivity index (χ1n) is 5.55. The summed E-state index contributed by atoms with van der Waals surface area (Å²) in [6, 6.07) is 4.78. The highest BCUT2D eigenvalue weighted by atomic mass is 35.5. The van der Waals surface area contributed by atoms with Gasteiger partial charge in [-0.15, -0.1) is 6.58 Å². The Kier molecular flexibility index (Phi) is 6.01. The highest BCUT2D eigenvalue weighted by molar-refractivity contribution is 7.88. The third kappa shape index (κ3) is 4.79. The van der Waals surface area contributed by atoms with E-state index in [-0.39, 0.29) is 18.1 Å². The van der Waals surface area contributed by atoms with Crippen LogP contribution >= 0.6 is 23.2 Å². The van der Waals surface area contributed by atoms with Crippen LogP contribution in [0.2, 0.25) is 10.0 Å². The van der Waals surface area contributed by atoms with Gasteiger partial charge >= 0.3 is 0 Å². The SMILES string of the molecule is C=CCN(CC(=O)Nc1cccc(Cl)c1Cl)S(C)(=O)=O. The van der Waals surface area contributed by atoms with Crippen molar-refractivity contribution in [1.29, 1.82) is 0 Å². The number of hydrogen-bond donors (Lipinski definition) is 1. The molecule has 0 aromatic heterocycles. The number of halogens is 2. The molecule has 0 radical (unpaired) electrons. The Morgan fingerprint density at radius 2 is 2.10 bits per heavy atom. The van der Waals surface area contributed by atoms with E-state index >= 15 is 0 Å². The first-order valence-corrected chi connectivity index (χ1v) is 8.16. The summed E-state index contributed by atoms with van der Waals surface area (Å²) in [5.41, 5.74) is 0.330. The Hall–Kier alpha value is -1.08. The molecule has 5 nitrogen and oxygen atoms in total. The highest BCUT2D eigenvalue weighted by Crippen LogP contribution is 2.29. The topological polar surface area (TPSA) is 66.5 Å². The minimum Gasteiger partial charge on any atom is -0.324 e. The lowest BCUT2D eigenvalue weighted by molar-refractivity contribution is -0.116. The van der Waals surface area contributed by atoms with Gasteiger partial charge in [-0.25, -0.2) is 8.42 Å². The van der Waals surface area contributed by atoms with Crippen molar-refractivity contribution in [3.63, 3.8) is 0 Å². The number of carbonyl (C=O) groups is 1. The number of rotatable bonds is 6. The summed E-state index contributed by atoms with van der Waals surface area (Å²) in [6.45, 7) is 3.18. The number of nitrogens with zero attached hydrogens (tertiary/aromatic N) is 1. The second-order valence-electron chi connectivity index (χ2n) is 3.99. The van der Waals surface area contributed by atoms with E-state index in [0.717, 1.165) is 10.6 Å². The molecular formula is C12H14Cl2N2O3S. The molecule has 0 aliphatic carbocycles. The fourth-order valence-corrected chi connectivity index (χ4v) is 2.49. The number of benzene rings is 1. The maximum Gasteiger partial charge on any atom is 0.239 e. The number of sulfonamides is 1. The third-order valence-electron chi connectivity index (χ3n) is 2.35. The van der Waals surface area contributed by atoms with Crippen molar-refractivity contribution in [2.45, 2.75) is 0 Å². The zero-order valence-electron chi connectivity index (χ0n) is 10.8. The Morgan fingerprint density at radius 1 is 1.45 bits per heavy atom. The van der Waals surface area contributed by atoms with E-state index in [4.69, 9.17) is 23.2 Å². The molecule has 1 aromatic rings. The standard InChI is InChI=1S/C12H14Cl2N2O3S/c1-3-7-16(20(2,18)19)8-11(17)15-10-6-4-5-9(13)12(10)14/h3-6H,1,7-8H2,2H3,(H,15,17). The number of anilines is 1. The molecule has 0 atom stereocenters. The van der Waals surface area contributed by atoms with E-state index in [0.29, 0.717) is 10.7 Å². The van der Waals surface area contributed by atoms with Crippen molar-refractivity contribution >= 4 is 44.8 Å². The molecule has 0 fully saturated rings. The van der Waals surface area contributed by atoms with Crippen LogP contribution in [0, 0.1) is 0 Å². The fraction of sp³-hybridized carbons (Fsp3) is 0.250. The summed E-state index contributed by atoms with van der Waals surface area (Å²) < 4.78 is 24.0. The predicted octanol–water partition coefficient (Wildman–Crippen LogP) is 2.38. The lowest BCUT2D eigenvalue weighted by atomic mass is 10.3. The maximum absolute atomic E-state index is 11.9. The minimum atomic E-state index is -3.49. The van der Waals surface area contributed by atoms with Crippen LogP contribution in [0.1, 0.15) is 0 Å². The zero-order chi connectivity index (χ0) is 15.3. The van der Waals surface area contributed by atoms with Gasteiger partial charge in [-0.05, 0) is 12.1 Å². The van der Waals surface area contributed by atoms with Gasteiger partial charge in [-0.1, -0.05) is 35.3 Å². The van der Waals surface area contributed by atoms with Gasteiger partial charge < -0.3 is 5.32 Å². The summed E-state index contributed by atoms with van der Waals surface area (Å²) in [7, 11) is -3.49. The lowest BCUT2D eigenvalue weighted by Gasteiger charge is -2.17. The Bertz CT molecular complexity index is 617. The molecule has 0 aliphatic rings. The zero-order valence-corrected chi connectivity index (χ0v) is 13.1. The molecule has 0 unspecified atom stereocenters. The van der Waals surface area contributed by atoms with Crippen LogP contribution in [-0.2, 0) is 14.8 Å². The minimum absolute atomic E-state index is 0.0511. The second kappa shape index (κ2) is 7.08. The molecule has 20 heavy (non-hydrogen) atoms. The normalized spacial score (nSPS) is 11.4. The van der Waals surface area contributed by atoms with E-state index in [1.54, 1.807) is 18.2 Å². The van der Waals surface area contributed by atoms with Crippen molar-refractivity contribution in [3.8, 4) is 0 Å². The average molecular weight is 337 g/mol. The summed E-state index contributed by atoms with van der Waals surface area (Å²) in [5.74, 6) is -0.513.